The summed E-state index contributed by atoms with van der Waals surface area (Å²) in [6.07, 6.45) is 2.71. The summed E-state index contributed by atoms with van der Waals surface area (Å²) in [5, 5.41) is 14.4. The van der Waals surface area contributed by atoms with E-state index in [1.54, 1.807) is 12.1 Å². The highest BCUT2D eigenvalue weighted by molar-refractivity contribution is 6.30. The molecule has 0 aliphatic heterocycles. The maximum absolute atomic E-state index is 11.7. The average Bonchev–Trinajstić information content (AvgIpc) is 2.44. The van der Waals surface area contributed by atoms with Crippen LogP contribution in [0.15, 0.2) is 35.4 Å². The first-order chi connectivity index (χ1) is 10.0. The minimum atomic E-state index is -0.464. The van der Waals surface area contributed by atoms with Crippen molar-refractivity contribution in [3.8, 4) is 0 Å². The van der Waals surface area contributed by atoms with Crippen LogP contribution in [0.2, 0.25) is 5.02 Å². The second kappa shape index (κ2) is 6.36. The number of nitro benzene ring substituents is 1. The Morgan fingerprint density at radius 2 is 2.24 bits per heavy atom. The van der Waals surface area contributed by atoms with Crippen molar-refractivity contribution in [2.24, 2.45) is 0 Å². The summed E-state index contributed by atoms with van der Waals surface area (Å²) >= 11 is 5.82. The maximum atomic E-state index is 11.7. The number of aromatic nitrogens is 2. The van der Waals surface area contributed by atoms with Gasteiger partial charge in [0.25, 0.3) is 5.69 Å². The van der Waals surface area contributed by atoms with Gasteiger partial charge in [0.2, 0.25) is 0 Å². The molecule has 0 aliphatic rings. The quantitative estimate of drug-likeness (QED) is 0.676. The van der Waals surface area contributed by atoms with E-state index in [1.807, 2.05) is 6.92 Å². The summed E-state index contributed by atoms with van der Waals surface area (Å²) < 4.78 is 1.31. The van der Waals surface area contributed by atoms with E-state index in [2.05, 4.69) is 10.3 Å². The first kappa shape index (κ1) is 15.0. The van der Waals surface area contributed by atoms with Crippen molar-refractivity contribution in [2.45, 2.75) is 13.5 Å². The largest absolute Gasteiger partial charge is 0.379 e. The number of benzene rings is 1. The Kier molecular flexibility index (Phi) is 4.54. The second-order valence-corrected chi connectivity index (χ2v) is 4.72. The number of nitro groups is 1. The fraction of sp³-hybridized carbons (Fsp3) is 0.231. The molecule has 2 rings (SSSR count). The van der Waals surface area contributed by atoms with Crippen molar-refractivity contribution in [2.75, 3.05) is 11.9 Å². The fourth-order valence-corrected chi connectivity index (χ4v) is 2.14. The molecule has 0 unspecified atom stereocenters. The second-order valence-electron chi connectivity index (χ2n) is 4.28. The van der Waals surface area contributed by atoms with Gasteiger partial charge in [-0.15, -0.1) is 0 Å². The van der Waals surface area contributed by atoms with Crippen LogP contribution in [0, 0.1) is 10.1 Å². The standard InChI is InChI=1S/C13H13ClN4O3/c1-2-15-12-9(4-3-5-11(12)18(20)21)7-17-8-10(14)6-16-13(17)19/h3-6,8,15H,2,7H2,1H3. The Bertz CT molecular complexity index is 730. The first-order valence-corrected chi connectivity index (χ1v) is 6.63. The third-order valence-electron chi connectivity index (χ3n) is 2.84. The number of halogens is 1. The number of hydrogen-bond acceptors (Lipinski definition) is 5. The lowest BCUT2D eigenvalue weighted by Gasteiger charge is -2.12. The zero-order valence-corrected chi connectivity index (χ0v) is 12.0. The lowest BCUT2D eigenvalue weighted by molar-refractivity contribution is -0.384. The Morgan fingerprint density at radius 3 is 2.90 bits per heavy atom. The minimum Gasteiger partial charge on any atom is -0.379 e. The van der Waals surface area contributed by atoms with Crippen molar-refractivity contribution in [3.05, 3.63) is 61.8 Å². The summed E-state index contributed by atoms with van der Waals surface area (Å²) in [4.78, 5) is 26.0. The Labute approximate surface area is 125 Å². The van der Waals surface area contributed by atoms with Crippen LogP contribution in [-0.2, 0) is 6.54 Å². The van der Waals surface area contributed by atoms with Gasteiger partial charge in [-0.25, -0.2) is 9.78 Å². The summed E-state index contributed by atoms with van der Waals surface area (Å²) in [5.41, 5.74) is 0.528. The van der Waals surface area contributed by atoms with Gasteiger partial charge in [-0.1, -0.05) is 23.7 Å². The van der Waals surface area contributed by atoms with Crippen molar-refractivity contribution in [1.29, 1.82) is 0 Å². The normalized spacial score (nSPS) is 10.4. The van der Waals surface area contributed by atoms with Crippen LogP contribution in [0.4, 0.5) is 11.4 Å². The fourth-order valence-electron chi connectivity index (χ4n) is 1.98. The Morgan fingerprint density at radius 1 is 1.48 bits per heavy atom. The molecule has 0 amide bonds. The molecule has 0 fully saturated rings. The molecule has 1 aromatic carbocycles. The van der Waals surface area contributed by atoms with E-state index in [-0.39, 0.29) is 12.2 Å². The molecule has 0 radical (unpaired) electrons. The predicted octanol–water partition coefficient (Wildman–Crippen LogP) is 2.29. The number of hydrogen-bond donors (Lipinski definition) is 1. The SMILES string of the molecule is CCNc1c(Cn2cc(Cl)cnc2=O)cccc1[N+](=O)[O-]. The van der Waals surface area contributed by atoms with Crippen LogP contribution in [-0.4, -0.2) is 21.0 Å². The molecule has 21 heavy (non-hydrogen) atoms. The minimum absolute atomic E-state index is 0.0302. The topological polar surface area (TPSA) is 90.1 Å². The van der Waals surface area contributed by atoms with Gasteiger partial charge in [-0.05, 0) is 6.92 Å². The van der Waals surface area contributed by atoms with E-state index in [4.69, 9.17) is 11.6 Å². The molecule has 0 bridgehead atoms. The van der Waals surface area contributed by atoms with E-state index < -0.39 is 10.6 Å². The molecule has 1 aromatic heterocycles. The zero-order chi connectivity index (χ0) is 15.4. The van der Waals surface area contributed by atoms with Gasteiger partial charge in [-0.2, -0.15) is 0 Å². The summed E-state index contributed by atoms with van der Waals surface area (Å²) in [6.45, 7) is 2.52. The molecule has 8 heteroatoms. The van der Waals surface area contributed by atoms with E-state index in [0.717, 1.165) is 0 Å². The number of nitrogens with one attached hydrogen (secondary N) is 1. The molecular formula is C13H13ClN4O3. The molecule has 1 N–H and O–H groups in total. The van der Waals surface area contributed by atoms with Gasteiger partial charge in [0.15, 0.2) is 0 Å². The van der Waals surface area contributed by atoms with Crippen molar-refractivity contribution >= 4 is 23.0 Å². The van der Waals surface area contributed by atoms with Gasteiger partial charge >= 0.3 is 5.69 Å². The highest BCUT2D eigenvalue weighted by Crippen LogP contribution is 2.28. The molecule has 0 atom stereocenters. The molecule has 1 heterocycles. The molecular weight excluding hydrogens is 296 g/mol. The van der Waals surface area contributed by atoms with Crippen LogP contribution in [0.3, 0.4) is 0 Å². The van der Waals surface area contributed by atoms with Gasteiger partial charge < -0.3 is 5.32 Å². The molecule has 0 saturated heterocycles. The number of para-hydroxylation sites is 1. The predicted molar refractivity (Wildman–Crippen MR) is 79.9 cm³/mol. The Balaban J connectivity index is 2.48. The lowest BCUT2D eigenvalue weighted by Crippen LogP contribution is -2.23. The van der Waals surface area contributed by atoms with Crippen LogP contribution < -0.4 is 11.0 Å². The molecule has 7 nitrogen and oxygen atoms in total. The number of rotatable bonds is 5. The van der Waals surface area contributed by atoms with Gasteiger partial charge in [-0.3, -0.25) is 14.7 Å². The van der Waals surface area contributed by atoms with Gasteiger partial charge in [0.05, 0.1) is 22.7 Å². The number of anilines is 1. The van der Waals surface area contributed by atoms with E-state index in [0.29, 0.717) is 22.8 Å². The molecule has 0 spiro atoms. The average molecular weight is 309 g/mol. The highest BCUT2D eigenvalue weighted by Gasteiger charge is 2.17. The molecule has 2 aromatic rings. The lowest BCUT2D eigenvalue weighted by atomic mass is 10.1. The molecule has 110 valence electrons. The Hall–Kier alpha value is -2.41. The summed E-state index contributed by atoms with van der Waals surface area (Å²) in [5.74, 6) is 0. The number of nitrogens with zero attached hydrogens (tertiary/aromatic N) is 3. The van der Waals surface area contributed by atoms with E-state index in [9.17, 15) is 14.9 Å². The first-order valence-electron chi connectivity index (χ1n) is 6.25. The van der Waals surface area contributed by atoms with Crippen LogP contribution in [0.25, 0.3) is 0 Å². The van der Waals surface area contributed by atoms with E-state index >= 15 is 0 Å². The maximum Gasteiger partial charge on any atom is 0.347 e. The van der Waals surface area contributed by atoms with Crippen molar-refractivity contribution in [3.63, 3.8) is 0 Å². The van der Waals surface area contributed by atoms with E-state index in [1.165, 1.54) is 23.0 Å². The van der Waals surface area contributed by atoms with Crippen molar-refractivity contribution in [1.82, 2.24) is 9.55 Å². The van der Waals surface area contributed by atoms with Gasteiger partial charge in [0.1, 0.15) is 5.69 Å². The monoisotopic (exact) mass is 308 g/mol. The summed E-state index contributed by atoms with van der Waals surface area (Å²) in [6, 6.07) is 4.72. The van der Waals surface area contributed by atoms with Crippen LogP contribution in [0.1, 0.15) is 12.5 Å². The third kappa shape index (κ3) is 3.38. The third-order valence-corrected chi connectivity index (χ3v) is 3.04. The van der Waals surface area contributed by atoms with Crippen LogP contribution in [0.5, 0.6) is 0 Å². The molecule has 0 aliphatic carbocycles. The zero-order valence-electron chi connectivity index (χ0n) is 11.2. The van der Waals surface area contributed by atoms with Gasteiger partial charge in [0, 0.05) is 24.4 Å². The van der Waals surface area contributed by atoms with Crippen molar-refractivity contribution < 1.29 is 4.92 Å². The highest BCUT2D eigenvalue weighted by atomic mass is 35.5. The molecule has 0 saturated carbocycles. The van der Waals surface area contributed by atoms with Crippen LogP contribution >= 0.6 is 11.6 Å². The smallest absolute Gasteiger partial charge is 0.347 e. The summed E-state index contributed by atoms with van der Waals surface area (Å²) in [7, 11) is 0.